The summed E-state index contributed by atoms with van der Waals surface area (Å²) in [5.74, 6) is -1.28. The van der Waals surface area contributed by atoms with Gasteiger partial charge in [0.25, 0.3) is 10.1 Å². The molecule has 352 valence electrons. The van der Waals surface area contributed by atoms with E-state index >= 15 is 0 Å². The number of carbonyl (C=O) groups is 6. The predicted molar refractivity (Wildman–Crippen MR) is 239 cm³/mol. The smallest absolute Gasteiger partial charge is 0.421 e. The van der Waals surface area contributed by atoms with Crippen LogP contribution in [0.5, 0.6) is 0 Å². The van der Waals surface area contributed by atoms with E-state index in [9.17, 15) is 37.2 Å². The number of hydrogen-bond donors (Lipinski definition) is 4. The van der Waals surface area contributed by atoms with Gasteiger partial charge in [-0.25, -0.2) is 4.79 Å². The minimum absolute atomic E-state index is 0.0269. The van der Waals surface area contributed by atoms with Crippen LogP contribution in [0.3, 0.4) is 0 Å². The van der Waals surface area contributed by atoms with Crippen LogP contribution in [0.15, 0.2) is 60.7 Å². The van der Waals surface area contributed by atoms with E-state index in [0.29, 0.717) is 44.7 Å². The number of terminal acetylenes is 1. The number of rotatable bonds is 26. The first-order chi connectivity index (χ1) is 30.3. The molecule has 0 spiro atoms. The molecule has 4 amide bonds. The summed E-state index contributed by atoms with van der Waals surface area (Å²) in [6, 6.07) is 13.5. The summed E-state index contributed by atoms with van der Waals surface area (Å²) >= 11 is 0. The number of aryl methyl sites for hydroxylation is 1. The van der Waals surface area contributed by atoms with Gasteiger partial charge in [0.1, 0.15) is 24.7 Å². The summed E-state index contributed by atoms with van der Waals surface area (Å²) in [7, 11) is -4.15. The van der Waals surface area contributed by atoms with Crippen LogP contribution in [0.4, 0.5) is 4.79 Å². The van der Waals surface area contributed by atoms with Crippen molar-refractivity contribution in [3.05, 3.63) is 71.8 Å². The largest absolute Gasteiger partial charge is 0.510 e. The molecule has 1 fully saturated rings. The molecule has 1 aliphatic rings. The van der Waals surface area contributed by atoms with Gasteiger partial charge in [-0.2, -0.15) is 8.42 Å². The van der Waals surface area contributed by atoms with Crippen LogP contribution in [0.2, 0.25) is 0 Å². The summed E-state index contributed by atoms with van der Waals surface area (Å²) in [4.78, 5) is 85.1. The molecule has 64 heavy (non-hydrogen) atoms. The maximum Gasteiger partial charge on any atom is 0.510 e. The van der Waals surface area contributed by atoms with Gasteiger partial charge < -0.3 is 35.5 Å². The summed E-state index contributed by atoms with van der Waals surface area (Å²) < 4.78 is 44.5. The highest BCUT2D eigenvalue weighted by Crippen LogP contribution is 2.22. The molecule has 3 rings (SSSR count). The highest BCUT2D eigenvalue weighted by Gasteiger charge is 2.44. The van der Waals surface area contributed by atoms with Crippen molar-refractivity contribution in [2.24, 2.45) is 11.8 Å². The molecule has 2 aromatic rings. The van der Waals surface area contributed by atoms with E-state index in [4.69, 9.17) is 24.8 Å². The Morgan fingerprint density at radius 1 is 0.766 bits per heavy atom. The maximum absolute atomic E-state index is 14.4. The number of benzene rings is 2. The molecule has 0 radical (unpaired) electrons. The quantitative estimate of drug-likeness (QED) is 0.0606. The maximum atomic E-state index is 14.4. The number of ketones is 1. The molecule has 18 heteroatoms. The molecular formula is C46H65N5O12S. The number of nitrogens with one attached hydrogen (secondary N) is 4. The normalized spacial score (nSPS) is 15.9. The standard InChI is InChI=1S/C46H65N5O12S/c1-8-25-61-45(57)63-46(6,31-62-64(7,58)59)41(53)36(21-19-32(2)3)48-44(56)39(29-35-17-13-10-14-18-35)50-43(55)38(28-33(4)5)49-42(54)37(22-20-34-15-11-9-12-16-34)47-40(52)30-51-23-26-60-27-24-51/h1,9-18,32-33,36-39H,19-31H2,2-7H3,(H,47,52)(H,48,56)(H,49,54)(H,50,55)/t36-,37-,38-,39-,46?/m0/s1. The number of carbonyl (C=O) groups excluding carboxylic acids is 6. The fourth-order valence-electron chi connectivity index (χ4n) is 6.83. The van der Waals surface area contributed by atoms with Gasteiger partial charge in [-0.15, -0.1) is 6.42 Å². The number of ether oxygens (including phenoxy) is 3. The molecule has 5 atom stereocenters. The van der Waals surface area contributed by atoms with Crippen molar-refractivity contribution >= 4 is 45.7 Å². The van der Waals surface area contributed by atoms with Crippen LogP contribution in [0.25, 0.3) is 0 Å². The van der Waals surface area contributed by atoms with Crippen molar-refractivity contribution in [2.75, 3.05) is 52.3 Å². The molecule has 1 heterocycles. The van der Waals surface area contributed by atoms with Gasteiger partial charge in [-0.05, 0) is 62.0 Å². The minimum atomic E-state index is -4.15. The third-order valence-corrected chi connectivity index (χ3v) is 10.8. The second kappa shape index (κ2) is 26.4. The minimum Gasteiger partial charge on any atom is -0.421 e. The van der Waals surface area contributed by atoms with E-state index in [0.717, 1.165) is 18.7 Å². The zero-order valence-corrected chi connectivity index (χ0v) is 38.6. The average Bonchev–Trinajstić information content (AvgIpc) is 3.24. The Balaban J connectivity index is 1.93. The van der Waals surface area contributed by atoms with Gasteiger partial charge in [0, 0.05) is 19.5 Å². The lowest BCUT2D eigenvalue weighted by atomic mass is 9.90. The van der Waals surface area contributed by atoms with Crippen LogP contribution in [0.1, 0.15) is 71.4 Å². The molecule has 1 unspecified atom stereocenters. The molecule has 17 nitrogen and oxygen atoms in total. The Bertz CT molecular complexity index is 1990. The number of Topliss-reactive ketones (excluding diaryl/α,β-unsaturated/α-hetero) is 1. The van der Waals surface area contributed by atoms with E-state index in [1.807, 2.05) is 62.9 Å². The summed E-state index contributed by atoms with van der Waals surface area (Å²) in [5.41, 5.74) is -0.673. The van der Waals surface area contributed by atoms with Crippen LogP contribution >= 0.6 is 0 Å². The molecule has 0 bridgehead atoms. The Labute approximate surface area is 377 Å². The fraction of sp³-hybridized carbons (Fsp3) is 0.565. The van der Waals surface area contributed by atoms with E-state index < -0.39 is 82.8 Å². The first-order valence-corrected chi connectivity index (χ1v) is 23.4. The zero-order chi connectivity index (χ0) is 47.3. The van der Waals surface area contributed by atoms with Gasteiger partial charge in [0.2, 0.25) is 29.4 Å². The molecule has 0 aromatic heterocycles. The topological polar surface area (TPSA) is 225 Å². The zero-order valence-electron chi connectivity index (χ0n) is 37.8. The predicted octanol–water partition coefficient (Wildman–Crippen LogP) is 2.71. The molecular weight excluding hydrogens is 847 g/mol. The highest BCUT2D eigenvalue weighted by molar-refractivity contribution is 7.86. The van der Waals surface area contributed by atoms with Gasteiger partial charge in [-0.1, -0.05) is 94.3 Å². The van der Waals surface area contributed by atoms with Crippen LogP contribution in [-0.4, -0.2) is 131 Å². The lowest BCUT2D eigenvalue weighted by molar-refractivity contribution is -0.146. The molecule has 1 aliphatic heterocycles. The van der Waals surface area contributed by atoms with Crippen molar-refractivity contribution in [2.45, 2.75) is 103 Å². The lowest BCUT2D eigenvalue weighted by Gasteiger charge is -2.32. The monoisotopic (exact) mass is 911 g/mol. The van der Waals surface area contributed by atoms with E-state index in [-0.39, 0.29) is 50.0 Å². The average molecular weight is 912 g/mol. The summed E-state index contributed by atoms with van der Waals surface area (Å²) in [6.07, 6.45) is 5.84. The second-order valence-electron chi connectivity index (χ2n) is 16.9. The molecule has 2 aromatic carbocycles. The molecule has 1 saturated heterocycles. The first-order valence-electron chi connectivity index (χ1n) is 21.5. The Morgan fingerprint density at radius 2 is 1.33 bits per heavy atom. The first kappa shape index (κ1) is 53.0. The summed E-state index contributed by atoms with van der Waals surface area (Å²) in [6.45, 7) is 9.42. The van der Waals surface area contributed by atoms with Gasteiger partial charge in [0.05, 0.1) is 32.1 Å². The second-order valence-corrected chi connectivity index (χ2v) is 18.6. The van der Waals surface area contributed by atoms with Crippen molar-refractivity contribution in [1.82, 2.24) is 26.2 Å². The third-order valence-electron chi connectivity index (χ3n) is 10.3. The van der Waals surface area contributed by atoms with Crippen molar-refractivity contribution in [3.63, 3.8) is 0 Å². The fourth-order valence-corrected chi connectivity index (χ4v) is 7.27. The highest BCUT2D eigenvalue weighted by atomic mass is 32.2. The van der Waals surface area contributed by atoms with Crippen molar-refractivity contribution in [3.8, 4) is 12.3 Å². The van der Waals surface area contributed by atoms with Crippen molar-refractivity contribution in [1.29, 1.82) is 0 Å². The number of morpholine rings is 1. The SMILES string of the molecule is C#CCOC(=O)OC(C)(COS(C)(=O)=O)C(=O)[C@H](CCC(C)C)NC(=O)[C@H](Cc1ccccc1)NC(=O)[C@H](CC(C)C)NC(=O)[C@H](CCc1ccccc1)NC(=O)CN1CCOCC1. The van der Waals surface area contributed by atoms with Crippen molar-refractivity contribution < 1.29 is 55.6 Å². The van der Waals surface area contributed by atoms with Gasteiger partial charge in [-0.3, -0.25) is 33.1 Å². The van der Waals surface area contributed by atoms with Crippen LogP contribution in [-0.2, 0) is 65.3 Å². The van der Waals surface area contributed by atoms with E-state index in [2.05, 4.69) is 27.2 Å². The Kier molecular flexibility index (Phi) is 21.9. The molecule has 0 aliphatic carbocycles. The Morgan fingerprint density at radius 3 is 1.91 bits per heavy atom. The van der Waals surface area contributed by atoms with Gasteiger partial charge in [0.15, 0.2) is 12.2 Å². The van der Waals surface area contributed by atoms with E-state index in [1.54, 1.807) is 30.3 Å². The molecule has 4 N–H and O–H groups in total. The Hall–Kier alpha value is -5.35. The van der Waals surface area contributed by atoms with Crippen LogP contribution in [0, 0.1) is 24.2 Å². The third kappa shape index (κ3) is 19.6. The lowest BCUT2D eigenvalue weighted by Crippen LogP contribution is -2.60. The summed E-state index contributed by atoms with van der Waals surface area (Å²) in [5, 5.41) is 11.3. The number of hydrogen-bond acceptors (Lipinski definition) is 13. The number of amides is 4. The van der Waals surface area contributed by atoms with Gasteiger partial charge >= 0.3 is 6.16 Å². The van der Waals surface area contributed by atoms with E-state index in [1.165, 1.54) is 0 Å². The molecule has 0 saturated carbocycles. The van der Waals surface area contributed by atoms with Crippen LogP contribution < -0.4 is 21.3 Å². The number of nitrogens with zero attached hydrogens (tertiary/aromatic N) is 1.